The van der Waals surface area contributed by atoms with Crippen molar-refractivity contribution in [2.45, 2.75) is 13.5 Å². The van der Waals surface area contributed by atoms with Crippen LogP contribution in [0, 0.1) is 11.3 Å². The summed E-state index contributed by atoms with van der Waals surface area (Å²) in [6, 6.07) is 5.68. The lowest BCUT2D eigenvalue weighted by Crippen LogP contribution is -2.40. The number of carbonyl (C=O) groups excluding carboxylic acids is 1. The summed E-state index contributed by atoms with van der Waals surface area (Å²) in [7, 11) is 0. The normalized spacial score (nSPS) is 28.9. The highest BCUT2D eigenvalue weighted by Crippen LogP contribution is 2.43. The molecule has 0 saturated carbocycles. The SMILES string of the molecule is CCN1C[C@@]2(C(=O)O)CN(Cc3ccccn3)C[C@H]2C1=O. The fourth-order valence-corrected chi connectivity index (χ4v) is 3.51. The van der Waals surface area contributed by atoms with Crippen LogP contribution < -0.4 is 0 Å². The lowest BCUT2D eigenvalue weighted by atomic mass is 9.81. The first-order valence-electron chi connectivity index (χ1n) is 7.21. The van der Waals surface area contributed by atoms with Crippen molar-refractivity contribution in [3.63, 3.8) is 0 Å². The number of carbonyl (C=O) groups is 2. The van der Waals surface area contributed by atoms with Crippen LogP contribution in [-0.4, -0.2) is 57.9 Å². The quantitative estimate of drug-likeness (QED) is 0.871. The van der Waals surface area contributed by atoms with E-state index in [-0.39, 0.29) is 5.91 Å². The number of carboxylic acid groups (broad SMARTS) is 1. The second-order valence-corrected chi connectivity index (χ2v) is 5.86. The number of carboxylic acids is 1. The van der Waals surface area contributed by atoms with E-state index in [1.54, 1.807) is 11.1 Å². The molecule has 3 heterocycles. The van der Waals surface area contributed by atoms with Crippen LogP contribution in [0.25, 0.3) is 0 Å². The highest BCUT2D eigenvalue weighted by atomic mass is 16.4. The second-order valence-electron chi connectivity index (χ2n) is 5.86. The molecule has 0 aromatic carbocycles. The molecule has 0 unspecified atom stereocenters. The molecule has 0 aliphatic carbocycles. The van der Waals surface area contributed by atoms with Crippen LogP contribution in [0.15, 0.2) is 24.4 Å². The van der Waals surface area contributed by atoms with Gasteiger partial charge in [-0.25, -0.2) is 0 Å². The Labute approximate surface area is 123 Å². The third kappa shape index (κ3) is 2.19. The Morgan fingerprint density at radius 1 is 1.48 bits per heavy atom. The van der Waals surface area contributed by atoms with Gasteiger partial charge in [0.1, 0.15) is 5.41 Å². The number of nitrogens with zero attached hydrogens (tertiary/aromatic N) is 3. The van der Waals surface area contributed by atoms with Crippen LogP contribution in [0.1, 0.15) is 12.6 Å². The number of aliphatic carboxylic acids is 1. The highest BCUT2D eigenvalue weighted by Gasteiger charge is 2.61. The Kier molecular flexibility index (Phi) is 3.41. The van der Waals surface area contributed by atoms with Crippen LogP contribution in [0.5, 0.6) is 0 Å². The van der Waals surface area contributed by atoms with E-state index in [1.807, 2.05) is 30.0 Å². The minimum Gasteiger partial charge on any atom is -0.481 e. The van der Waals surface area contributed by atoms with Gasteiger partial charge in [-0.15, -0.1) is 0 Å². The zero-order valence-corrected chi connectivity index (χ0v) is 12.0. The van der Waals surface area contributed by atoms with Crippen molar-refractivity contribution in [1.82, 2.24) is 14.8 Å². The van der Waals surface area contributed by atoms with Gasteiger partial charge in [-0.05, 0) is 19.1 Å². The molecule has 2 atom stereocenters. The monoisotopic (exact) mass is 289 g/mol. The van der Waals surface area contributed by atoms with E-state index in [9.17, 15) is 14.7 Å². The minimum absolute atomic E-state index is 0.0246. The Balaban J connectivity index is 1.80. The van der Waals surface area contributed by atoms with Crippen LogP contribution >= 0.6 is 0 Å². The van der Waals surface area contributed by atoms with Gasteiger partial charge in [-0.3, -0.25) is 19.5 Å². The van der Waals surface area contributed by atoms with Crippen LogP contribution in [0.2, 0.25) is 0 Å². The fraction of sp³-hybridized carbons (Fsp3) is 0.533. The Hall–Kier alpha value is -1.95. The topological polar surface area (TPSA) is 73.7 Å². The second kappa shape index (κ2) is 5.11. The van der Waals surface area contributed by atoms with Gasteiger partial charge >= 0.3 is 5.97 Å². The summed E-state index contributed by atoms with van der Waals surface area (Å²) in [4.78, 5) is 32.1. The van der Waals surface area contributed by atoms with Crippen molar-refractivity contribution in [2.24, 2.45) is 11.3 Å². The van der Waals surface area contributed by atoms with Gasteiger partial charge in [0, 0.05) is 38.9 Å². The summed E-state index contributed by atoms with van der Waals surface area (Å²) in [6.45, 7) is 4.28. The minimum atomic E-state index is -0.956. The molecule has 0 spiro atoms. The predicted molar refractivity (Wildman–Crippen MR) is 75.3 cm³/mol. The van der Waals surface area contributed by atoms with Gasteiger partial charge in [-0.1, -0.05) is 6.07 Å². The number of hydrogen-bond donors (Lipinski definition) is 1. The van der Waals surface area contributed by atoms with Crippen LogP contribution in [0.3, 0.4) is 0 Å². The van der Waals surface area contributed by atoms with Crippen molar-refractivity contribution in [3.05, 3.63) is 30.1 Å². The molecule has 1 amide bonds. The largest absolute Gasteiger partial charge is 0.481 e. The number of likely N-dealkylation sites (tertiary alicyclic amines) is 2. The van der Waals surface area contributed by atoms with Crippen molar-refractivity contribution in [2.75, 3.05) is 26.2 Å². The number of pyridine rings is 1. The third-order valence-electron chi connectivity index (χ3n) is 4.62. The van der Waals surface area contributed by atoms with E-state index in [0.717, 1.165) is 5.69 Å². The average Bonchev–Trinajstić information content (AvgIpc) is 2.96. The maximum absolute atomic E-state index is 12.3. The standard InChI is InChI=1S/C15H19N3O3/c1-2-18-10-15(14(20)21)9-17(8-12(15)13(18)19)7-11-5-3-4-6-16-11/h3-6,12H,2,7-10H2,1H3,(H,20,21)/t12-,15-/m0/s1. The lowest BCUT2D eigenvalue weighted by Gasteiger charge is -2.24. The molecule has 2 fully saturated rings. The van der Waals surface area contributed by atoms with E-state index in [1.165, 1.54) is 0 Å². The van der Waals surface area contributed by atoms with E-state index in [4.69, 9.17) is 0 Å². The Morgan fingerprint density at radius 2 is 2.29 bits per heavy atom. The van der Waals surface area contributed by atoms with Gasteiger partial charge in [0.25, 0.3) is 0 Å². The zero-order valence-electron chi connectivity index (χ0n) is 12.0. The summed E-state index contributed by atoms with van der Waals surface area (Å²) in [5.41, 5.74) is -0.0557. The summed E-state index contributed by atoms with van der Waals surface area (Å²) in [6.07, 6.45) is 1.73. The Morgan fingerprint density at radius 3 is 2.86 bits per heavy atom. The molecular formula is C15H19N3O3. The first-order chi connectivity index (χ1) is 10.1. The summed E-state index contributed by atoms with van der Waals surface area (Å²) in [5.74, 6) is -1.32. The molecule has 112 valence electrons. The number of fused-ring (bicyclic) bond motifs is 1. The number of amides is 1. The molecule has 1 aromatic rings. The lowest BCUT2D eigenvalue weighted by molar-refractivity contribution is -0.149. The van der Waals surface area contributed by atoms with Crippen molar-refractivity contribution >= 4 is 11.9 Å². The fourth-order valence-electron chi connectivity index (χ4n) is 3.51. The predicted octanol–water partition coefficient (Wildman–Crippen LogP) is 0.446. The van der Waals surface area contributed by atoms with Crippen molar-refractivity contribution in [3.8, 4) is 0 Å². The number of rotatable bonds is 4. The molecule has 0 radical (unpaired) electrons. The maximum atomic E-state index is 12.3. The first kappa shape index (κ1) is 14.0. The number of hydrogen-bond acceptors (Lipinski definition) is 4. The van der Waals surface area contributed by atoms with E-state index < -0.39 is 17.3 Å². The molecule has 1 aromatic heterocycles. The average molecular weight is 289 g/mol. The summed E-state index contributed by atoms with van der Waals surface area (Å²) >= 11 is 0. The van der Waals surface area contributed by atoms with Crippen LogP contribution in [0.4, 0.5) is 0 Å². The molecular weight excluding hydrogens is 270 g/mol. The molecule has 1 N–H and O–H groups in total. The van der Waals surface area contributed by atoms with Gasteiger partial charge in [0.05, 0.1) is 11.6 Å². The van der Waals surface area contributed by atoms with Gasteiger partial charge in [0.2, 0.25) is 5.91 Å². The molecule has 6 nitrogen and oxygen atoms in total. The molecule has 6 heteroatoms. The maximum Gasteiger partial charge on any atom is 0.313 e. The Bertz CT molecular complexity index is 563. The molecule has 3 rings (SSSR count). The molecule has 21 heavy (non-hydrogen) atoms. The molecule has 0 bridgehead atoms. The smallest absolute Gasteiger partial charge is 0.313 e. The molecule has 2 aliphatic heterocycles. The van der Waals surface area contributed by atoms with Gasteiger partial charge < -0.3 is 10.0 Å². The first-order valence-corrected chi connectivity index (χ1v) is 7.21. The third-order valence-corrected chi connectivity index (χ3v) is 4.62. The number of aromatic nitrogens is 1. The summed E-state index contributed by atoms with van der Waals surface area (Å²) in [5, 5.41) is 9.67. The molecule has 2 aliphatic rings. The highest BCUT2D eigenvalue weighted by molar-refractivity contribution is 5.92. The van der Waals surface area contributed by atoms with E-state index in [0.29, 0.717) is 32.7 Å². The van der Waals surface area contributed by atoms with E-state index >= 15 is 0 Å². The molecule has 2 saturated heterocycles. The van der Waals surface area contributed by atoms with Gasteiger partial charge in [0.15, 0.2) is 0 Å². The van der Waals surface area contributed by atoms with Crippen molar-refractivity contribution in [1.29, 1.82) is 0 Å². The summed E-state index contributed by atoms with van der Waals surface area (Å²) < 4.78 is 0. The van der Waals surface area contributed by atoms with Crippen molar-refractivity contribution < 1.29 is 14.7 Å². The van der Waals surface area contributed by atoms with E-state index in [2.05, 4.69) is 4.98 Å². The van der Waals surface area contributed by atoms with Crippen LogP contribution in [-0.2, 0) is 16.1 Å². The van der Waals surface area contributed by atoms with Gasteiger partial charge in [-0.2, -0.15) is 0 Å². The zero-order chi connectivity index (χ0) is 15.0.